The minimum absolute atomic E-state index is 0.134. The van der Waals surface area contributed by atoms with E-state index in [0.29, 0.717) is 24.9 Å². The van der Waals surface area contributed by atoms with E-state index >= 15 is 0 Å². The molecule has 5 nitrogen and oxygen atoms in total. The molecule has 1 heterocycles. The highest BCUT2D eigenvalue weighted by molar-refractivity contribution is 5.91. The molecule has 0 bridgehead atoms. The summed E-state index contributed by atoms with van der Waals surface area (Å²) in [6, 6.07) is 0. The van der Waals surface area contributed by atoms with Gasteiger partial charge in [-0.05, 0) is 12.8 Å². The second-order valence-corrected chi connectivity index (χ2v) is 5.16. The topological polar surface area (TPSA) is 56.2 Å². The summed E-state index contributed by atoms with van der Waals surface area (Å²) in [7, 11) is 1.85. The fourth-order valence-corrected chi connectivity index (χ4v) is 2.42. The van der Waals surface area contributed by atoms with Crippen molar-refractivity contribution in [3.8, 4) is 0 Å². The molecule has 1 N–H and O–H groups in total. The summed E-state index contributed by atoms with van der Waals surface area (Å²) in [5.74, 6) is -0.134. The van der Waals surface area contributed by atoms with Crippen LogP contribution in [0.1, 0.15) is 49.0 Å². The van der Waals surface area contributed by atoms with Crippen LogP contribution in [-0.4, -0.2) is 34.7 Å². The first-order valence-electron chi connectivity index (χ1n) is 7.13. The van der Waals surface area contributed by atoms with Crippen LogP contribution in [0, 0.1) is 0 Å². The molecule has 1 amide bonds. The molecular weight excluding hydrogens is 242 g/mol. The van der Waals surface area contributed by atoms with E-state index in [2.05, 4.69) is 10.3 Å². The van der Waals surface area contributed by atoms with Crippen LogP contribution in [0.25, 0.3) is 0 Å². The second kappa shape index (κ2) is 7.28. The average Bonchev–Trinajstić information content (AvgIpc) is 2.68. The van der Waals surface area contributed by atoms with Crippen LogP contribution >= 0.6 is 0 Å². The molecule has 1 fully saturated rings. The number of nitrogens with zero attached hydrogens (tertiary/aromatic N) is 2. The van der Waals surface area contributed by atoms with Crippen molar-refractivity contribution >= 4 is 5.91 Å². The molecule has 0 unspecified atom stereocenters. The minimum atomic E-state index is -0.134. The first-order valence-corrected chi connectivity index (χ1v) is 7.13. The monoisotopic (exact) mass is 265 g/mol. The van der Waals surface area contributed by atoms with E-state index in [-0.39, 0.29) is 5.91 Å². The lowest BCUT2D eigenvalue weighted by Gasteiger charge is -2.15. The lowest BCUT2D eigenvalue weighted by Crippen LogP contribution is -2.29. The molecule has 2 rings (SSSR count). The Labute approximate surface area is 114 Å². The molecule has 1 aromatic heterocycles. The Bertz CT molecular complexity index is 395. The van der Waals surface area contributed by atoms with Gasteiger partial charge in [-0.1, -0.05) is 25.7 Å². The average molecular weight is 265 g/mol. The molecule has 0 spiro atoms. The molecule has 1 aliphatic rings. The summed E-state index contributed by atoms with van der Waals surface area (Å²) < 4.78 is 7.57. The number of imidazole rings is 1. The molecular formula is C14H23N3O2. The van der Waals surface area contributed by atoms with Crippen molar-refractivity contribution < 1.29 is 9.53 Å². The number of amides is 1. The van der Waals surface area contributed by atoms with Crippen molar-refractivity contribution in [3.63, 3.8) is 0 Å². The number of rotatable bonds is 5. The lowest BCUT2D eigenvalue weighted by molar-refractivity contribution is 0.0441. The quantitative estimate of drug-likeness (QED) is 0.653. The summed E-state index contributed by atoms with van der Waals surface area (Å²) in [6.45, 7) is 1.13. The van der Waals surface area contributed by atoms with Crippen LogP contribution in [0.3, 0.4) is 0 Å². The normalized spacial score (nSPS) is 17.1. The van der Waals surface area contributed by atoms with Crippen LogP contribution in [0.2, 0.25) is 0 Å². The van der Waals surface area contributed by atoms with E-state index in [9.17, 15) is 4.79 Å². The standard InChI is InChI=1S/C14H23N3O2/c1-17-10-13(16-11-17)14(18)15-8-9-19-12-6-4-2-3-5-7-12/h10-12H,2-9H2,1H3,(H,15,18). The van der Waals surface area contributed by atoms with Crippen LogP contribution in [0.15, 0.2) is 12.5 Å². The second-order valence-electron chi connectivity index (χ2n) is 5.16. The highest BCUT2D eigenvalue weighted by Crippen LogP contribution is 2.19. The molecule has 1 saturated carbocycles. The third kappa shape index (κ3) is 4.67. The molecule has 1 aliphatic carbocycles. The van der Waals surface area contributed by atoms with Crippen molar-refractivity contribution in [2.45, 2.75) is 44.6 Å². The van der Waals surface area contributed by atoms with Crippen molar-refractivity contribution in [2.75, 3.05) is 13.2 Å². The van der Waals surface area contributed by atoms with Crippen LogP contribution < -0.4 is 5.32 Å². The smallest absolute Gasteiger partial charge is 0.271 e. The number of aryl methyl sites for hydroxylation is 1. The predicted octanol–water partition coefficient (Wildman–Crippen LogP) is 1.89. The molecule has 0 aliphatic heterocycles. The number of nitrogens with one attached hydrogen (secondary N) is 1. The summed E-state index contributed by atoms with van der Waals surface area (Å²) >= 11 is 0. The highest BCUT2D eigenvalue weighted by Gasteiger charge is 2.12. The summed E-state index contributed by atoms with van der Waals surface area (Å²) in [5, 5.41) is 2.83. The zero-order valence-corrected chi connectivity index (χ0v) is 11.6. The lowest BCUT2D eigenvalue weighted by atomic mass is 10.1. The highest BCUT2D eigenvalue weighted by atomic mass is 16.5. The third-order valence-corrected chi connectivity index (χ3v) is 3.48. The third-order valence-electron chi connectivity index (χ3n) is 3.48. The predicted molar refractivity (Wildman–Crippen MR) is 73.0 cm³/mol. The molecule has 106 valence electrons. The number of hydrogen-bond donors (Lipinski definition) is 1. The maximum Gasteiger partial charge on any atom is 0.271 e. The molecule has 5 heteroatoms. The number of hydrogen-bond acceptors (Lipinski definition) is 3. The van der Waals surface area contributed by atoms with Gasteiger partial charge < -0.3 is 14.6 Å². The van der Waals surface area contributed by atoms with Gasteiger partial charge in [-0.15, -0.1) is 0 Å². The Morgan fingerprint density at radius 1 is 1.42 bits per heavy atom. The van der Waals surface area contributed by atoms with Gasteiger partial charge >= 0.3 is 0 Å². The first-order chi connectivity index (χ1) is 9.25. The van der Waals surface area contributed by atoms with Gasteiger partial charge in [0.1, 0.15) is 5.69 Å². The Kier molecular flexibility index (Phi) is 5.39. The fraction of sp³-hybridized carbons (Fsp3) is 0.714. The van der Waals surface area contributed by atoms with Crippen molar-refractivity contribution in [3.05, 3.63) is 18.2 Å². The van der Waals surface area contributed by atoms with Crippen molar-refractivity contribution in [1.82, 2.24) is 14.9 Å². The fourth-order valence-electron chi connectivity index (χ4n) is 2.42. The van der Waals surface area contributed by atoms with Gasteiger partial charge in [0.05, 0.1) is 19.0 Å². The molecule has 0 atom stereocenters. The van der Waals surface area contributed by atoms with Crippen LogP contribution in [0.4, 0.5) is 0 Å². The largest absolute Gasteiger partial charge is 0.376 e. The zero-order valence-electron chi connectivity index (χ0n) is 11.6. The van der Waals surface area contributed by atoms with Gasteiger partial charge in [-0.3, -0.25) is 4.79 Å². The van der Waals surface area contributed by atoms with E-state index in [4.69, 9.17) is 4.74 Å². The van der Waals surface area contributed by atoms with Gasteiger partial charge in [0.25, 0.3) is 5.91 Å². The van der Waals surface area contributed by atoms with E-state index in [1.165, 1.54) is 25.7 Å². The van der Waals surface area contributed by atoms with E-state index in [0.717, 1.165) is 12.8 Å². The summed E-state index contributed by atoms with van der Waals surface area (Å²) in [4.78, 5) is 15.7. The summed E-state index contributed by atoms with van der Waals surface area (Å²) in [5.41, 5.74) is 0.456. The van der Waals surface area contributed by atoms with Gasteiger partial charge in [0.2, 0.25) is 0 Å². The zero-order chi connectivity index (χ0) is 13.5. The Morgan fingerprint density at radius 3 is 2.79 bits per heavy atom. The molecule has 1 aromatic rings. The molecule has 0 radical (unpaired) electrons. The Balaban J connectivity index is 1.62. The number of carbonyl (C=O) groups excluding carboxylic acids is 1. The maximum atomic E-state index is 11.7. The van der Waals surface area contributed by atoms with Crippen molar-refractivity contribution in [1.29, 1.82) is 0 Å². The Hall–Kier alpha value is -1.36. The molecule has 0 aromatic carbocycles. The van der Waals surface area contributed by atoms with Crippen molar-refractivity contribution in [2.24, 2.45) is 7.05 Å². The van der Waals surface area contributed by atoms with Crippen LogP contribution in [0.5, 0.6) is 0 Å². The van der Waals surface area contributed by atoms with Gasteiger partial charge in [-0.25, -0.2) is 4.98 Å². The Morgan fingerprint density at radius 2 is 2.16 bits per heavy atom. The number of aromatic nitrogens is 2. The SMILES string of the molecule is Cn1cnc(C(=O)NCCOC2CCCCCC2)c1. The number of ether oxygens (including phenoxy) is 1. The van der Waals surface area contributed by atoms with Gasteiger partial charge in [-0.2, -0.15) is 0 Å². The van der Waals surface area contributed by atoms with Gasteiger partial charge in [0, 0.05) is 19.8 Å². The first kappa shape index (κ1) is 14.1. The summed E-state index contributed by atoms with van der Waals surface area (Å²) in [6.07, 6.45) is 11.2. The minimum Gasteiger partial charge on any atom is -0.376 e. The molecule has 0 saturated heterocycles. The van der Waals surface area contributed by atoms with Crippen LogP contribution in [-0.2, 0) is 11.8 Å². The number of carbonyl (C=O) groups is 1. The van der Waals surface area contributed by atoms with E-state index in [1.807, 2.05) is 7.05 Å². The maximum absolute atomic E-state index is 11.7. The van der Waals surface area contributed by atoms with E-state index < -0.39 is 0 Å². The van der Waals surface area contributed by atoms with E-state index in [1.54, 1.807) is 17.1 Å². The van der Waals surface area contributed by atoms with Gasteiger partial charge in [0.15, 0.2) is 0 Å². The molecule has 19 heavy (non-hydrogen) atoms.